The predicted octanol–water partition coefficient (Wildman–Crippen LogP) is 1.71. The summed E-state index contributed by atoms with van der Waals surface area (Å²) in [6.45, 7) is 1.30. The molecule has 2 aliphatic rings. The summed E-state index contributed by atoms with van der Waals surface area (Å²) in [5.41, 5.74) is 2.81. The van der Waals surface area contributed by atoms with E-state index < -0.39 is 0 Å². The molecule has 0 unspecified atom stereocenters. The zero-order valence-corrected chi connectivity index (χ0v) is 10.7. The van der Waals surface area contributed by atoms with Gasteiger partial charge in [-0.3, -0.25) is 4.79 Å². The highest BCUT2D eigenvalue weighted by Gasteiger charge is 2.52. The van der Waals surface area contributed by atoms with Crippen LogP contribution in [-0.2, 0) is 10.2 Å². The molecule has 0 aromatic heterocycles. The summed E-state index contributed by atoms with van der Waals surface area (Å²) in [5.74, 6) is 0.179. The molecule has 3 rings (SSSR count). The fraction of sp³-hybridized carbons (Fsp3) is 0.462. The average Bonchev–Trinajstić information content (AvgIpc) is 2.99. The number of nitrogens with zero attached hydrogens (tertiary/aromatic N) is 1. The molecule has 0 atom stereocenters. The summed E-state index contributed by atoms with van der Waals surface area (Å²) in [4.78, 5) is 13.9. The van der Waals surface area contributed by atoms with E-state index in [4.69, 9.17) is 0 Å². The number of carbonyl (C=O) groups excluding carboxylic acids is 1. The van der Waals surface area contributed by atoms with Gasteiger partial charge in [0.25, 0.3) is 0 Å². The molecule has 92 valence electrons. The molecular weight excluding hydrogens is 236 g/mol. The van der Waals surface area contributed by atoms with Gasteiger partial charge < -0.3 is 10.2 Å². The van der Waals surface area contributed by atoms with Gasteiger partial charge in [-0.1, -0.05) is 18.2 Å². The van der Waals surface area contributed by atoms with E-state index in [1.165, 1.54) is 18.4 Å². The number of para-hydroxylation sites is 1. The van der Waals surface area contributed by atoms with E-state index in [1.54, 1.807) is 0 Å². The Labute approximate surface area is 108 Å². The van der Waals surface area contributed by atoms with Crippen LogP contribution in [0.4, 0.5) is 5.69 Å². The molecule has 3 nitrogen and oxygen atoms in total. The van der Waals surface area contributed by atoms with E-state index in [0.29, 0.717) is 12.0 Å². The Bertz CT molecular complexity index is 443. The maximum absolute atomic E-state index is 12.0. The lowest BCUT2D eigenvalue weighted by molar-refractivity contribution is -0.117. The SMILES string of the molecule is CNCC(=O)N1CC2(CC2)c2ccccc21.Cl. The molecular formula is C13H17ClN2O. The Kier molecular flexibility index (Phi) is 3.15. The van der Waals surface area contributed by atoms with E-state index in [2.05, 4.69) is 23.5 Å². The number of carbonyl (C=O) groups is 1. The van der Waals surface area contributed by atoms with Crippen molar-refractivity contribution in [2.45, 2.75) is 18.3 Å². The van der Waals surface area contributed by atoms with Crippen LogP contribution < -0.4 is 10.2 Å². The molecule has 1 saturated carbocycles. The van der Waals surface area contributed by atoms with E-state index in [1.807, 2.05) is 18.0 Å². The van der Waals surface area contributed by atoms with Crippen LogP contribution in [0, 0.1) is 0 Å². The van der Waals surface area contributed by atoms with E-state index in [9.17, 15) is 4.79 Å². The quantitative estimate of drug-likeness (QED) is 0.869. The molecule has 4 heteroatoms. The molecule has 1 N–H and O–H groups in total. The van der Waals surface area contributed by atoms with Crippen molar-refractivity contribution < 1.29 is 4.79 Å². The van der Waals surface area contributed by atoms with Crippen LogP contribution in [0.25, 0.3) is 0 Å². The van der Waals surface area contributed by atoms with Gasteiger partial charge in [-0.15, -0.1) is 12.4 Å². The van der Waals surface area contributed by atoms with Crippen molar-refractivity contribution in [1.82, 2.24) is 5.32 Å². The zero-order valence-electron chi connectivity index (χ0n) is 9.90. The minimum absolute atomic E-state index is 0. The Balaban J connectivity index is 0.00000108. The molecule has 0 bridgehead atoms. The number of hydrogen-bond donors (Lipinski definition) is 1. The van der Waals surface area contributed by atoms with Gasteiger partial charge in [0.1, 0.15) is 0 Å². The van der Waals surface area contributed by atoms with Gasteiger partial charge in [-0.25, -0.2) is 0 Å². The highest BCUT2D eigenvalue weighted by molar-refractivity contribution is 5.97. The molecule has 1 spiro atoms. The maximum Gasteiger partial charge on any atom is 0.240 e. The summed E-state index contributed by atoms with van der Waals surface area (Å²) < 4.78 is 0. The van der Waals surface area contributed by atoms with Crippen molar-refractivity contribution in [1.29, 1.82) is 0 Å². The van der Waals surface area contributed by atoms with Crippen LogP contribution in [0.2, 0.25) is 0 Å². The second-order valence-electron chi connectivity index (χ2n) is 4.81. The number of hydrogen-bond acceptors (Lipinski definition) is 2. The summed E-state index contributed by atoms with van der Waals surface area (Å²) in [7, 11) is 1.81. The second-order valence-corrected chi connectivity index (χ2v) is 4.81. The first kappa shape index (κ1) is 12.4. The molecule has 1 amide bonds. The topological polar surface area (TPSA) is 32.3 Å². The normalized spacial score (nSPS) is 18.8. The molecule has 0 saturated heterocycles. The molecule has 1 heterocycles. The molecule has 1 aliphatic heterocycles. The lowest BCUT2D eigenvalue weighted by Crippen LogP contribution is -2.37. The van der Waals surface area contributed by atoms with E-state index in [-0.39, 0.29) is 18.3 Å². The summed E-state index contributed by atoms with van der Waals surface area (Å²) >= 11 is 0. The Morgan fingerprint density at radius 1 is 1.41 bits per heavy atom. The van der Waals surface area contributed by atoms with Crippen LogP contribution in [-0.4, -0.2) is 26.0 Å². The zero-order chi connectivity index (χ0) is 11.2. The Morgan fingerprint density at radius 3 is 2.76 bits per heavy atom. The largest absolute Gasteiger partial charge is 0.311 e. The van der Waals surface area contributed by atoms with Crippen LogP contribution in [0.5, 0.6) is 0 Å². The van der Waals surface area contributed by atoms with Gasteiger partial charge in [0.05, 0.1) is 6.54 Å². The first-order valence-electron chi connectivity index (χ1n) is 5.81. The van der Waals surface area contributed by atoms with Crippen molar-refractivity contribution in [3.05, 3.63) is 29.8 Å². The van der Waals surface area contributed by atoms with Crippen LogP contribution in [0.1, 0.15) is 18.4 Å². The number of nitrogens with one attached hydrogen (secondary N) is 1. The number of fused-ring (bicyclic) bond motifs is 2. The number of likely N-dealkylation sites (N-methyl/N-ethyl adjacent to an activating group) is 1. The second kappa shape index (κ2) is 4.31. The minimum Gasteiger partial charge on any atom is -0.311 e. The maximum atomic E-state index is 12.0. The van der Waals surface area contributed by atoms with Gasteiger partial charge in [0.2, 0.25) is 5.91 Å². The number of anilines is 1. The van der Waals surface area contributed by atoms with Crippen molar-refractivity contribution in [3.8, 4) is 0 Å². The van der Waals surface area contributed by atoms with E-state index >= 15 is 0 Å². The Morgan fingerprint density at radius 2 is 2.12 bits per heavy atom. The van der Waals surface area contributed by atoms with Crippen molar-refractivity contribution >= 4 is 24.0 Å². The summed E-state index contributed by atoms with van der Waals surface area (Å²) in [6.07, 6.45) is 2.46. The third-order valence-electron chi connectivity index (χ3n) is 3.71. The summed E-state index contributed by atoms with van der Waals surface area (Å²) in [5, 5.41) is 2.93. The average molecular weight is 253 g/mol. The standard InChI is InChI=1S/C13H16N2O.ClH/c1-14-8-12(16)15-9-13(6-7-13)10-4-2-3-5-11(10)15;/h2-5,14H,6-9H2,1H3;1H. The van der Waals surface area contributed by atoms with Crippen LogP contribution in [0.3, 0.4) is 0 Å². The predicted molar refractivity (Wildman–Crippen MR) is 70.9 cm³/mol. The first-order chi connectivity index (χ1) is 7.77. The van der Waals surface area contributed by atoms with Gasteiger partial charge in [-0.05, 0) is 31.5 Å². The smallest absolute Gasteiger partial charge is 0.240 e. The first-order valence-corrected chi connectivity index (χ1v) is 5.81. The van der Waals surface area contributed by atoms with Crippen LogP contribution in [0.15, 0.2) is 24.3 Å². The third-order valence-corrected chi connectivity index (χ3v) is 3.71. The molecule has 0 radical (unpaired) electrons. The van der Waals surface area contributed by atoms with Gasteiger partial charge in [-0.2, -0.15) is 0 Å². The van der Waals surface area contributed by atoms with E-state index in [0.717, 1.165) is 12.2 Å². The lowest BCUT2D eigenvalue weighted by atomic mass is 9.99. The number of amides is 1. The third kappa shape index (κ3) is 1.83. The monoisotopic (exact) mass is 252 g/mol. The highest BCUT2D eigenvalue weighted by atomic mass is 35.5. The fourth-order valence-electron chi connectivity index (χ4n) is 2.68. The summed E-state index contributed by atoms with van der Waals surface area (Å²) in [6, 6.07) is 8.33. The van der Waals surface area contributed by atoms with Crippen LogP contribution >= 0.6 is 12.4 Å². The fourth-order valence-corrected chi connectivity index (χ4v) is 2.68. The van der Waals surface area contributed by atoms with Crippen molar-refractivity contribution in [2.75, 3.05) is 25.0 Å². The molecule has 1 aliphatic carbocycles. The number of rotatable bonds is 2. The molecule has 1 fully saturated rings. The lowest BCUT2D eigenvalue weighted by Gasteiger charge is -2.17. The molecule has 17 heavy (non-hydrogen) atoms. The van der Waals surface area contributed by atoms with Gasteiger partial charge >= 0.3 is 0 Å². The number of benzene rings is 1. The van der Waals surface area contributed by atoms with Gasteiger partial charge in [0, 0.05) is 17.6 Å². The van der Waals surface area contributed by atoms with Gasteiger partial charge in [0.15, 0.2) is 0 Å². The molecule has 1 aromatic rings. The highest BCUT2D eigenvalue weighted by Crippen LogP contribution is 2.56. The molecule has 1 aromatic carbocycles. The Hall–Kier alpha value is -1.06. The van der Waals surface area contributed by atoms with Crippen molar-refractivity contribution in [2.24, 2.45) is 0 Å². The minimum atomic E-state index is 0. The number of halogens is 1. The van der Waals surface area contributed by atoms with Crippen molar-refractivity contribution in [3.63, 3.8) is 0 Å².